The predicted molar refractivity (Wildman–Crippen MR) is 104 cm³/mol. The van der Waals surface area contributed by atoms with Crippen molar-refractivity contribution in [1.82, 2.24) is 9.97 Å². The summed E-state index contributed by atoms with van der Waals surface area (Å²) in [5.41, 5.74) is 0.884. The van der Waals surface area contributed by atoms with Gasteiger partial charge in [-0.1, -0.05) is 6.07 Å². The average molecular weight is 438 g/mol. The van der Waals surface area contributed by atoms with Gasteiger partial charge in [-0.05, 0) is 19.1 Å². The Balaban J connectivity index is 1.72. The monoisotopic (exact) mass is 438 g/mol. The van der Waals surface area contributed by atoms with Crippen LogP contribution in [0.15, 0.2) is 23.6 Å². The van der Waals surface area contributed by atoms with Crippen LogP contribution >= 0.6 is 22.7 Å². The normalized spacial score (nSPS) is 12.1. The van der Waals surface area contributed by atoms with E-state index >= 15 is 0 Å². The van der Waals surface area contributed by atoms with E-state index in [0.29, 0.717) is 21.3 Å². The number of carboxylic acid groups (broad SMARTS) is 1. The lowest BCUT2D eigenvalue weighted by Gasteiger charge is -2.03. The Labute approximate surface area is 172 Å². The number of hydrogen-bond acceptors (Lipinski definition) is 7. The molecule has 0 saturated heterocycles. The van der Waals surface area contributed by atoms with Crippen LogP contribution in [0.3, 0.4) is 0 Å². The van der Waals surface area contributed by atoms with Crippen LogP contribution in [0.1, 0.15) is 33.8 Å². The van der Waals surface area contributed by atoms with Crippen molar-refractivity contribution in [2.24, 2.45) is 0 Å². The SMILES string of the molecule is Cc1nc(C(O)CC(=O)O)sc1-c1csc(CC(=O)Cc2c(F)cccc2F)n1. The molecule has 0 fully saturated rings. The van der Waals surface area contributed by atoms with Gasteiger partial charge in [-0.15, -0.1) is 22.7 Å². The number of ketones is 1. The largest absolute Gasteiger partial charge is 0.481 e. The molecule has 0 bridgehead atoms. The molecule has 0 saturated carbocycles. The van der Waals surface area contributed by atoms with E-state index in [9.17, 15) is 23.5 Å². The molecule has 0 radical (unpaired) electrons. The lowest BCUT2D eigenvalue weighted by molar-refractivity contribution is -0.139. The Kier molecular flexibility index (Phi) is 6.46. The Morgan fingerprint density at radius 3 is 2.52 bits per heavy atom. The number of benzene rings is 1. The minimum Gasteiger partial charge on any atom is -0.481 e. The Bertz CT molecular complexity index is 1040. The molecule has 1 atom stereocenters. The van der Waals surface area contributed by atoms with Crippen LogP contribution in [0.5, 0.6) is 0 Å². The van der Waals surface area contributed by atoms with E-state index in [2.05, 4.69) is 9.97 Å². The minimum absolute atomic E-state index is 0.0647. The third-order valence-electron chi connectivity index (χ3n) is 4.03. The fourth-order valence-corrected chi connectivity index (χ4v) is 4.58. The number of aliphatic carboxylic acids is 1. The molecule has 0 spiro atoms. The van der Waals surface area contributed by atoms with Crippen LogP contribution in [0.4, 0.5) is 8.78 Å². The van der Waals surface area contributed by atoms with Gasteiger partial charge < -0.3 is 10.2 Å². The first-order chi connectivity index (χ1) is 13.7. The van der Waals surface area contributed by atoms with Gasteiger partial charge in [0.1, 0.15) is 33.5 Å². The summed E-state index contributed by atoms with van der Waals surface area (Å²) < 4.78 is 27.4. The minimum atomic E-state index is -1.21. The molecule has 3 aromatic rings. The number of rotatable bonds is 8. The number of carboxylic acids is 1. The maximum Gasteiger partial charge on any atom is 0.306 e. The Morgan fingerprint density at radius 1 is 1.17 bits per heavy atom. The summed E-state index contributed by atoms with van der Waals surface area (Å²) in [6.07, 6.45) is -2.08. The maximum atomic E-state index is 13.7. The van der Waals surface area contributed by atoms with E-state index in [1.54, 1.807) is 12.3 Å². The van der Waals surface area contributed by atoms with Crippen molar-refractivity contribution in [2.45, 2.75) is 32.3 Å². The standard InChI is InChI=1S/C19H16F2N2O4S2/c1-9-18(29-19(22-9)15(25)7-17(26)27)14-8-28-16(23-14)6-10(24)5-11-12(20)3-2-4-13(11)21/h2-4,8,15,25H,5-7H2,1H3,(H,26,27). The predicted octanol–water partition coefficient (Wildman–Crippen LogP) is 3.72. The van der Waals surface area contributed by atoms with Crippen LogP contribution < -0.4 is 0 Å². The quantitative estimate of drug-likeness (QED) is 0.556. The van der Waals surface area contributed by atoms with Crippen molar-refractivity contribution >= 4 is 34.4 Å². The van der Waals surface area contributed by atoms with Gasteiger partial charge in [0.25, 0.3) is 0 Å². The fraction of sp³-hybridized carbons (Fsp3) is 0.263. The van der Waals surface area contributed by atoms with Gasteiger partial charge in [-0.2, -0.15) is 0 Å². The lowest BCUT2D eigenvalue weighted by Crippen LogP contribution is -2.09. The maximum absolute atomic E-state index is 13.7. The van der Waals surface area contributed by atoms with Crippen LogP contribution in [-0.2, 0) is 22.4 Å². The number of hydrogen-bond donors (Lipinski definition) is 2. The molecule has 1 unspecified atom stereocenters. The van der Waals surface area contributed by atoms with Gasteiger partial charge in [0.15, 0.2) is 0 Å². The van der Waals surface area contributed by atoms with E-state index in [1.165, 1.54) is 17.4 Å². The smallest absolute Gasteiger partial charge is 0.306 e. The molecule has 3 rings (SSSR count). The second-order valence-corrected chi connectivity index (χ2v) is 8.27. The number of nitrogens with zero attached hydrogens (tertiary/aromatic N) is 2. The first-order valence-electron chi connectivity index (χ1n) is 8.51. The highest BCUT2D eigenvalue weighted by atomic mass is 32.1. The molecular formula is C19H16F2N2O4S2. The lowest BCUT2D eigenvalue weighted by atomic mass is 10.1. The van der Waals surface area contributed by atoms with Gasteiger partial charge in [0.2, 0.25) is 0 Å². The summed E-state index contributed by atoms with van der Waals surface area (Å²) in [6.45, 7) is 1.72. The number of aromatic nitrogens is 2. The van der Waals surface area contributed by atoms with Crippen LogP contribution in [-0.4, -0.2) is 31.9 Å². The average Bonchev–Trinajstić information content (AvgIpc) is 3.24. The van der Waals surface area contributed by atoms with Crippen molar-refractivity contribution in [1.29, 1.82) is 0 Å². The number of aryl methyl sites for hydroxylation is 1. The molecule has 2 aromatic heterocycles. The molecule has 0 amide bonds. The van der Waals surface area contributed by atoms with E-state index < -0.39 is 30.1 Å². The molecule has 0 aliphatic carbocycles. The van der Waals surface area contributed by atoms with Gasteiger partial charge in [-0.3, -0.25) is 9.59 Å². The number of halogens is 2. The molecule has 6 nitrogen and oxygen atoms in total. The second-order valence-electron chi connectivity index (χ2n) is 6.30. The zero-order valence-corrected chi connectivity index (χ0v) is 16.8. The first kappa shape index (κ1) is 21.2. The van der Waals surface area contributed by atoms with Crippen LogP contribution in [0.25, 0.3) is 10.6 Å². The van der Waals surface area contributed by atoms with E-state index in [-0.39, 0.29) is 29.2 Å². The highest BCUT2D eigenvalue weighted by molar-refractivity contribution is 7.16. The number of aliphatic hydroxyl groups is 1. The molecule has 2 heterocycles. The van der Waals surface area contributed by atoms with Crippen LogP contribution in [0, 0.1) is 18.6 Å². The second kappa shape index (κ2) is 8.85. The van der Waals surface area contributed by atoms with Crippen molar-refractivity contribution < 1.29 is 28.6 Å². The highest BCUT2D eigenvalue weighted by Gasteiger charge is 2.21. The van der Waals surface area contributed by atoms with Crippen molar-refractivity contribution in [3.8, 4) is 10.6 Å². The molecule has 10 heteroatoms. The number of Topliss-reactive ketones (excluding diaryl/α,β-unsaturated/α-hetero) is 1. The Morgan fingerprint density at radius 2 is 1.86 bits per heavy atom. The number of carbonyl (C=O) groups excluding carboxylic acids is 1. The zero-order valence-electron chi connectivity index (χ0n) is 15.2. The molecule has 1 aromatic carbocycles. The summed E-state index contributed by atoms with van der Waals surface area (Å²) in [6, 6.07) is 3.46. The summed E-state index contributed by atoms with van der Waals surface area (Å²) in [5.74, 6) is -3.02. The molecule has 29 heavy (non-hydrogen) atoms. The van der Waals surface area contributed by atoms with E-state index in [0.717, 1.165) is 23.5 Å². The van der Waals surface area contributed by atoms with Gasteiger partial charge in [0.05, 0.1) is 29.1 Å². The fourth-order valence-electron chi connectivity index (χ4n) is 2.68. The third-order valence-corrected chi connectivity index (χ3v) is 6.16. The number of thiazole rings is 2. The van der Waals surface area contributed by atoms with Crippen LogP contribution in [0.2, 0.25) is 0 Å². The summed E-state index contributed by atoms with van der Waals surface area (Å²) in [7, 11) is 0. The number of carbonyl (C=O) groups is 2. The number of aliphatic hydroxyl groups excluding tert-OH is 1. The zero-order chi connectivity index (χ0) is 21.1. The topological polar surface area (TPSA) is 100 Å². The third kappa shape index (κ3) is 5.08. The van der Waals surface area contributed by atoms with Crippen molar-refractivity contribution in [3.05, 3.63) is 56.5 Å². The van der Waals surface area contributed by atoms with Crippen molar-refractivity contribution in [3.63, 3.8) is 0 Å². The molecular weight excluding hydrogens is 422 g/mol. The highest BCUT2D eigenvalue weighted by Crippen LogP contribution is 2.34. The first-order valence-corrected chi connectivity index (χ1v) is 10.2. The summed E-state index contributed by atoms with van der Waals surface area (Å²) in [5, 5.41) is 21.2. The van der Waals surface area contributed by atoms with E-state index in [4.69, 9.17) is 5.11 Å². The molecule has 152 valence electrons. The Hall–Kier alpha value is -2.56. The summed E-state index contributed by atoms with van der Waals surface area (Å²) >= 11 is 2.37. The van der Waals surface area contributed by atoms with Gasteiger partial charge >= 0.3 is 5.97 Å². The molecule has 0 aliphatic rings. The van der Waals surface area contributed by atoms with E-state index in [1.807, 2.05) is 0 Å². The van der Waals surface area contributed by atoms with Gasteiger partial charge in [-0.25, -0.2) is 18.7 Å². The summed E-state index contributed by atoms with van der Waals surface area (Å²) in [4.78, 5) is 32.2. The molecule has 2 N–H and O–H groups in total. The van der Waals surface area contributed by atoms with Gasteiger partial charge in [0, 0.05) is 17.4 Å². The molecule has 0 aliphatic heterocycles. The van der Waals surface area contributed by atoms with Crippen molar-refractivity contribution in [2.75, 3.05) is 0 Å².